The van der Waals surface area contributed by atoms with E-state index in [1.807, 2.05) is 18.2 Å². The largest absolute Gasteiger partial charge is 0.369 e. The second-order valence-corrected chi connectivity index (χ2v) is 6.09. The number of amides is 1. The Hall–Kier alpha value is -3.75. The number of imidazole rings is 1. The minimum absolute atomic E-state index is 0.127. The van der Waals surface area contributed by atoms with Gasteiger partial charge in [-0.3, -0.25) is 9.20 Å². The van der Waals surface area contributed by atoms with Crippen LogP contribution >= 0.6 is 0 Å². The van der Waals surface area contributed by atoms with E-state index in [9.17, 15) is 13.6 Å². The Morgan fingerprint density at radius 1 is 1.14 bits per heavy atom. The number of alkyl halides is 2. The van der Waals surface area contributed by atoms with E-state index in [-0.39, 0.29) is 12.1 Å². The molecular weight excluding hydrogens is 366 g/mol. The number of benzene rings is 1. The maximum atomic E-state index is 13.0. The molecule has 0 atom stereocenters. The van der Waals surface area contributed by atoms with Crippen LogP contribution < -0.4 is 5.73 Å². The molecule has 0 spiro atoms. The number of hydrogen-bond donors (Lipinski definition) is 1. The molecule has 28 heavy (non-hydrogen) atoms. The zero-order valence-electron chi connectivity index (χ0n) is 14.5. The van der Waals surface area contributed by atoms with E-state index >= 15 is 0 Å². The van der Waals surface area contributed by atoms with Gasteiger partial charge in [0.25, 0.3) is 6.43 Å². The van der Waals surface area contributed by atoms with Crippen molar-refractivity contribution in [2.45, 2.75) is 12.8 Å². The molecule has 0 aliphatic rings. The molecule has 7 nitrogen and oxygen atoms in total. The SMILES string of the molecule is NC(=O)Cc1cccc(-c2ccnc(-c3cnc4cnc(C(F)F)cn34)n2)c1. The summed E-state index contributed by atoms with van der Waals surface area (Å²) < 4.78 is 27.5. The molecule has 3 heterocycles. The molecule has 4 rings (SSSR count). The summed E-state index contributed by atoms with van der Waals surface area (Å²) >= 11 is 0. The summed E-state index contributed by atoms with van der Waals surface area (Å²) in [6.07, 6.45) is 3.03. The zero-order valence-corrected chi connectivity index (χ0v) is 14.5. The van der Waals surface area contributed by atoms with Gasteiger partial charge >= 0.3 is 0 Å². The van der Waals surface area contributed by atoms with E-state index < -0.39 is 12.3 Å². The van der Waals surface area contributed by atoms with E-state index in [0.29, 0.717) is 22.9 Å². The van der Waals surface area contributed by atoms with Crippen LogP contribution in [0.1, 0.15) is 17.7 Å². The number of primary amides is 1. The molecule has 0 bridgehead atoms. The molecule has 140 valence electrons. The highest BCUT2D eigenvalue weighted by molar-refractivity contribution is 5.77. The standard InChI is InChI=1S/C19H14F2N6O/c20-18(21)14-10-27-15(8-25-17(27)9-24-14)19-23-5-4-13(26-19)12-3-1-2-11(6-12)7-16(22)28/h1-6,8-10,18H,7H2,(H2,22,28). The Balaban J connectivity index is 1.77. The van der Waals surface area contributed by atoms with Crippen LogP contribution in [0.25, 0.3) is 28.4 Å². The Labute approximate surface area is 157 Å². The van der Waals surface area contributed by atoms with Gasteiger partial charge in [0, 0.05) is 18.0 Å². The molecule has 4 aromatic rings. The number of hydrogen-bond acceptors (Lipinski definition) is 5. The lowest BCUT2D eigenvalue weighted by Crippen LogP contribution is -2.13. The number of aromatic nitrogens is 5. The fourth-order valence-corrected chi connectivity index (χ4v) is 2.87. The highest BCUT2D eigenvalue weighted by Gasteiger charge is 2.15. The maximum Gasteiger partial charge on any atom is 0.281 e. The zero-order chi connectivity index (χ0) is 19.7. The quantitative estimate of drug-likeness (QED) is 0.574. The second kappa shape index (κ2) is 7.10. The lowest BCUT2D eigenvalue weighted by molar-refractivity contribution is -0.117. The predicted octanol–water partition coefficient (Wildman–Crippen LogP) is 2.82. The number of halogens is 2. The number of carbonyl (C=O) groups excluding carboxylic acids is 1. The van der Waals surface area contributed by atoms with Gasteiger partial charge in [0.1, 0.15) is 11.4 Å². The van der Waals surface area contributed by atoms with Gasteiger partial charge in [-0.2, -0.15) is 0 Å². The third kappa shape index (κ3) is 3.41. The minimum atomic E-state index is -2.69. The van der Waals surface area contributed by atoms with Crippen LogP contribution in [0.15, 0.2) is 55.1 Å². The average molecular weight is 380 g/mol. The van der Waals surface area contributed by atoms with E-state index in [0.717, 1.165) is 11.1 Å². The van der Waals surface area contributed by atoms with Gasteiger partial charge in [-0.1, -0.05) is 18.2 Å². The summed E-state index contributed by atoms with van der Waals surface area (Å²) in [7, 11) is 0. The Kier molecular flexibility index (Phi) is 4.48. The van der Waals surface area contributed by atoms with Crippen LogP contribution in [0.4, 0.5) is 8.78 Å². The lowest BCUT2D eigenvalue weighted by atomic mass is 10.1. The third-order valence-corrected chi connectivity index (χ3v) is 4.13. The van der Waals surface area contributed by atoms with Crippen molar-refractivity contribution in [3.8, 4) is 22.8 Å². The van der Waals surface area contributed by atoms with Gasteiger partial charge in [-0.15, -0.1) is 0 Å². The van der Waals surface area contributed by atoms with Gasteiger partial charge < -0.3 is 5.73 Å². The number of fused-ring (bicyclic) bond motifs is 1. The van der Waals surface area contributed by atoms with Crippen molar-refractivity contribution in [3.05, 3.63) is 66.4 Å². The van der Waals surface area contributed by atoms with Crippen LogP contribution in [0.3, 0.4) is 0 Å². The fraction of sp³-hybridized carbons (Fsp3) is 0.105. The van der Waals surface area contributed by atoms with Crippen molar-refractivity contribution < 1.29 is 13.6 Å². The van der Waals surface area contributed by atoms with Crippen molar-refractivity contribution in [1.82, 2.24) is 24.3 Å². The second-order valence-electron chi connectivity index (χ2n) is 6.09. The maximum absolute atomic E-state index is 13.0. The van der Waals surface area contributed by atoms with Crippen LogP contribution in [0.2, 0.25) is 0 Å². The van der Waals surface area contributed by atoms with Crippen molar-refractivity contribution in [1.29, 1.82) is 0 Å². The van der Waals surface area contributed by atoms with Gasteiger partial charge in [0.05, 0.1) is 24.5 Å². The van der Waals surface area contributed by atoms with E-state index in [4.69, 9.17) is 5.73 Å². The summed E-state index contributed by atoms with van der Waals surface area (Å²) in [6.45, 7) is 0. The summed E-state index contributed by atoms with van der Waals surface area (Å²) in [5.41, 5.74) is 7.95. The Morgan fingerprint density at radius 2 is 2.00 bits per heavy atom. The van der Waals surface area contributed by atoms with E-state index in [2.05, 4.69) is 19.9 Å². The van der Waals surface area contributed by atoms with Gasteiger partial charge in [0.2, 0.25) is 5.91 Å². The molecule has 0 saturated carbocycles. The first-order valence-corrected chi connectivity index (χ1v) is 8.33. The fourth-order valence-electron chi connectivity index (χ4n) is 2.87. The molecule has 0 aliphatic carbocycles. The topological polar surface area (TPSA) is 99.1 Å². The Bertz CT molecular complexity index is 1170. The molecule has 0 aliphatic heterocycles. The van der Waals surface area contributed by atoms with Crippen molar-refractivity contribution in [2.75, 3.05) is 0 Å². The molecular formula is C19H14F2N6O. The van der Waals surface area contributed by atoms with Crippen molar-refractivity contribution >= 4 is 11.6 Å². The highest BCUT2D eigenvalue weighted by Crippen LogP contribution is 2.24. The Morgan fingerprint density at radius 3 is 2.79 bits per heavy atom. The first-order valence-electron chi connectivity index (χ1n) is 8.33. The van der Waals surface area contributed by atoms with Crippen LogP contribution in [-0.2, 0) is 11.2 Å². The molecule has 0 unspecified atom stereocenters. The molecule has 0 saturated heterocycles. The normalized spacial score (nSPS) is 11.2. The molecule has 0 fully saturated rings. The van der Waals surface area contributed by atoms with E-state index in [1.165, 1.54) is 23.0 Å². The van der Waals surface area contributed by atoms with Gasteiger partial charge in [-0.25, -0.2) is 28.7 Å². The first kappa shape index (κ1) is 17.7. The lowest BCUT2D eigenvalue weighted by Gasteiger charge is -2.06. The minimum Gasteiger partial charge on any atom is -0.369 e. The highest BCUT2D eigenvalue weighted by atomic mass is 19.3. The third-order valence-electron chi connectivity index (χ3n) is 4.13. The number of carbonyl (C=O) groups is 1. The van der Waals surface area contributed by atoms with Crippen molar-refractivity contribution in [2.24, 2.45) is 5.73 Å². The molecule has 1 amide bonds. The summed E-state index contributed by atoms with van der Waals surface area (Å²) in [4.78, 5) is 27.8. The summed E-state index contributed by atoms with van der Waals surface area (Å²) in [5, 5.41) is 0. The van der Waals surface area contributed by atoms with Crippen LogP contribution in [0.5, 0.6) is 0 Å². The smallest absolute Gasteiger partial charge is 0.281 e. The summed E-state index contributed by atoms with van der Waals surface area (Å²) in [6, 6.07) is 9.01. The molecule has 3 aromatic heterocycles. The van der Waals surface area contributed by atoms with E-state index in [1.54, 1.807) is 18.3 Å². The monoisotopic (exact) mass is 380 g/mol. The molecule has 9 heteroatoms. The van der Waals surface area contributed by atoms with Crippen molar-refractivity contribution in [3.63, 3.8) is 0 Å². The first-order chi connectivity index (χ1) is 13.5. The average Bonchev–Trinajstić information content (AvgIpc) is 3.11. The van der Waals surface area contributed by atoms with Crippen LogP contribution in [0, 0.1) is 0 Å². The molecule has 2 N–H and O–H groups in total. The number of rotatable bonds is 5. The number of nitrogens with two attached hydrogens (primary N) is 1. The summed E-state index contributed by atoms with van der Waals surface area (Å²) in [5.74, 6) is -0.0913. The number of nitrogens with zero attached hydrogens (tertiary/aromatic N) is 5. The van der Waals surface area contributed by atoms with Gasteiger partial charge in [-0.05, 0) is 17.7 Å². The van der Waals surface area contributed by atoms with Gasteiger partial charge in [0.15, 0.2) is 11.5 Å². The van der Waals surface area contributed by atoms with Crippen LogP contribution in [-0.4, -0.2) is 30.2 Å². The predicted molar refractivity (Wildman–Crippen MR) is 97.3 cm³/mol. The molecule has 1 aromatic carbocycles. The molecule has 0 radical (unpaired) electrons.